The van der Waals surface area contributed by atoms with Crippen LogP contribution in [0.3, 0.4) is 0 Å². The predicted octanol–water partition coefficient (Wildman–Crippen LogP) is 3.67. The van der Waals surface area contributed by atoms with Crippen molar-refractivity contribution in [3.63, 3.8) is 0 Å². The SMILES string of the molecule is O=C(Nc1ccc2c(c1)COC(NC1CCOc3ccccc31)=N2)C1CC1. The highest BCUT2D eigenvalue weighted by atomic mass is 16.5. The zero-order valence-electron chi connectivity index (χ0n) is 14.9. The fourth-order valence-corrected chi connectivity index (χ4v) is 3.48. The van der Waals surface area contributed by atoms with Crippen LogP contribution in [0.2, 0.25) is 0 Å². The molecule has 0 radical (unpaired) electrons. The number of carbonyl (C=O) groups is 1. The number of amidine groups is 1. The first-order valence-corrected chi connectivity index (χ1v) is 9.40. The number of carbonyl (C=O) groups excluding carboxylic acids is 1. The van der Waals surface area contributed by atoms with Crippen LogP contribution in [0, 0.1) is 5.92 Å². The number of hydrogen-bond donors (Lipinski definition) is 2. The number of anilines is 1. The lowest BCUT2D eigenvalue weighted by atomic mass is 10.0. The van der Waals surface area contributed by atoms with E-state index in [1.54, 1.807) is 0 Å². The van der Waals surface area contributed by atoms with Gasteiger partial charge in [0, 0.05) is 29.2 Å². The van der Waals surface area contributed by atoms with E-state index < -0.39 is 0 Å². The maximum atomic E-state index is 11.9. The number of hydrogen-bond acceptors (Lipinski definition) is 5. The first-order chi connectivity index (χ1) is 13.3. The van der Waals surface area contributed by atoms with Crippen LogP contribution in [-0.2, 0) is 16.1 Å². The molecule has 0 bridgehead atoms. The molecule has 27 heavy (non-hydrogen) atoms. The largest absolute Gasteiger partial charge is 0.493 e. The summed E-state index contributed by atoms with van der Waals surface area (Å²) in [5.74, 6) is 1.21. The molecule has 1 amide bonds. The Kier molecular flexibility index (Phi) is 3.96. The molecule has 2 aromatic rings. The van der Waals surface area contributed by atoms with Crippen LogP contribution in [0.15, 0.2) is 47.5 Å². The monoisotopic (exact) mass is 363 g/mol. The molecule has 0 aromatic heterocycles. The first-order valence-electron chi connectivity index (χ1n) is 9.40. The highest BCUT2D eigenvalue weighted by Crippen LogP contribution is 2.34. The number of aliphatic imine (C=N–C) groups is 1. The smallest absolute Gasteiger partial charge is 0.290 e. The van der Waals surface area contributed by atoms with Crippen molar-refractivity contribution in [2.24, 2.45) is 10.9 Å². The molecule has 1 saturated carbocycles. The number of para-hydroxylation sites is 1. The summed E-state index contributed by atoms with van der Waals surface area (Å²) in [6, 6.07) is 14.5. The summed E-state index contributed by atoms with van der Waals surface area (Å²) in [5.41, 5.74) is 3.77. The maximum absolute atomic E-state index is 11.9. The van der Waals surface area contributed by atoms with Gasteiger partial charge in [-0.3, -0.25) is 4.79 Å². The fourth-order valence-electron chi connectivity index (χ4n) is 3.48. The molecule has 2 heterocycles. The highest BCUT2D eigenvalue weighted by Gasteiger charge is 2.30. The standard InChI is InChI=1S/C21H21N3O3/c25-20(13-5-6-13)22-15-7-8-17-14(11-15)12-27-21(23-17)24-18-9-10-26-19-4-2-1-3-16(18)19/h1-4,7-8,11,13,18H,5-6,9-10,12H2,(H,22,25)(H,23,24). The fraction of sp³-hybridized carbons (Fsp3) is 0.333. The van der Waals surface area contributed by atoms with Crippen molar-refractivity contribution >= 4 is 23.3 Å². The van der Waals surface area contributed by atoms with Gasteiger partial charge in [0.1, 0.15) is 12.4 Å². The highest BCUT2D eigenvalue weighted by molar-refractivity contribution is 5.94. The number of rotatable bonds is 3. The Morgan fingerprint density at radius 2 is 1.96 bits per heavy atom. The van der Waals surface area contributed by atoms with Crippen LogP contribution in [0.25, 0.3) is 0 Å². The molecule has 1 atom stereocenters. The summed E-state index contributed by atoms with van der Waals surface area (Å²) in [4.78, 5) is 16.5. The predicted molar refractivity (Wildman–Crippen MR) is 102 cm³/mol. The molecule has 5 rings (SSSR count). The quantitative estimate of drug-likeness (QED) is 0.873. The molecule has 3 aliphatic rings. The molecule has 2 N–H and O–H groups in total. The lowest BCUT2D eigenvalue weighted by molar-refractivity contribution is -0.117. The van der Waals surface area contributed by atoms with Crippen molar-refractivity contribution in [2.45, 2.75) is 31.9 Å². The Labute approximate surface area is 157 Å². The van der Waals surface area contributed by atoms with E-state index in [1.165, 1.54) is 0 Å². The Morgan fingerprint density at radius 1 is 1.07 bits per heavy atom. The minimum atomic E-state index is 0.107. The number of fused-ring (bicyclic) bond motifs is 2. The van der Waals surface area contributed by atoms with E-state index in [0.29, 0.717) is 19.2 Å². The maximum Gasteiger partial charge on any atom is 0.290 e. The van der Waals surface area contributed by atoms with Gasteiger partial charge in [-0.1, -0.05) is 18.2 Å². The van der Waals surface area contributed by atoms with Crippen molar-refractivity contribution in [2.75, 3.05) is 11.9 Å². The summed E-state index contributed by atoms with van der Waals surface area (Å²) in [6.07, 6.45) is 2.85. The molecular weight excluding hydrogens is 342 g/mol. The van der Waals surface area contributed by atoms with E-state index in [-0.39, 0.29) is 17.9 Å². The Balaban J connectivity index is 1.32. The van der Waals surface area contributed by atoms with Crippen LogP contribution in [0.5, 0.6) is 5.75 Å². The van der Waals surface area contributed by atoms with Crippen molar-refractivity contribution in [3.05, 3.63) is 53.6 Å². The molecular formula is C21H21N3O3. The van der Waals surface area contributed by atoms with Crippen LogP contribution < -0.4 is 15.4 Å². The molecule has 0 spiro atoms. The minimum absolute atomic E-state index is 0.107. The van der Waals surface area contributed by atoms with Gasteiger partial charge in [-0.05, 0) is 37.1 Å². The molecule has 2 aromatic carbocycles. The van der Waals surface area contributed by atoms with Crippen molar-refractivity contribution in [1.82, 2.24) is 5.32 Å². The molecule has 2 aliphatic heterocycles. The van der Waals surface area contributed by atoms with Gasteiger partial charge in [0.15, 0.2) is 0 Å². The van der Waals surface area contributed by atoms with Gasteiger partial charge in [-0.15, -0.1) is 0 Å². The van der Waals surface area contributed by atoms with Crippen molar-refractivity contribution in [1.29, 1.82) is 0 Å². The second-order valence-electron chi connectivity index (χ2n) is 7.18. The zero-order chi connectivity index (χ0) is 18.2. The number of amides is 1. The lowest BCUT2D eigenvalue weighted by Crippen LogP contribution is -2.34. The summed E-state index contributed by atoms with van der Waals surface area (Å²) in [7, 11) is 0. The molecule has 138 valence electrons. The van der Waals surface area contributed by atoms with Crippen molar-refractivity contribution < 1.29 is 14.3 Å². The average molecular weight is 363 g/mol. The first kappa shape index (κ1) is 16.2. The van der Waals surface area contributed by atoms with E-state index in [2.05, 4.69) is 21.7 Å². The van der Waals surface area contributed by atoms with Gasteiger partial charge in [0.2, 0.25) is 5.91 Å². The summed E-state index contributed by atoms with van der Waals surface area (Å²) >= 11 is 0. The lowest BCUT2D eigenvalue weighted by Gasteiger charge is -2.28. The topological polar surface area (TPSA) is 72.0 Å². The van der Waals surface area contributed by atoms with Gasteiger partial charge < -0.3 is 20.1 Å². The number of benzene rings is 2. The third kappa shape index (κ3) is 3.35. The third-order valence-corrected chi connectivity index (χ3v) is 5.14. The number of nitrogens with zero attached hydrogens (tertiary/aromatic N) is 1. The van der Waals surface area contributed by atoms with Gasteiger partial charge >= 0.3 is 0 Å². The van der Waals surface area contributed by atoms with Gasteiger partial charge in [-0.25, -0.2) is 0 Å². The number of ether oxygens (including phenoxy) is 2. The summed E-state index contributed by atoms with van der Waals surface area (Å²) in [5, 5.41) is 6.37. The Hall–Kier alpha value is -3.02. The summed E-state index contributed by atoms with van der Waals surface area (Å²) in [6.45, 7) is 1.10. The molecule has 1 fully saturated rings. The van der Waals surface area contributed by atoms with Crippen LogP contribution >= 0.6 is 0 Å². The number of nitrogens with one attached hydrogen (secondary N) is 2. The third-order valence-electron chi connectivity index (χ3n) is 5.14. The molecule has 6 heteroatoms. The van der Waals surface area contributed by atoms with E-state index in [9.17, 15) is 4.79 Å². The van der Waals surface area contributed by atoms with E-state index in [0.717, 1.165) is 47.5 Å². The van der Waals surface area contributed by atoms with Crippen LogP contribution in [0.1, 0.15) is 36.4 Å². The van der Waals surface area contributed by atoms with E-state index >= 15 is 0 Å². The Morgan fingerprint density at radius 3 is 2.85 bits per heavy atom. The van der Waals surface area contributed by atoms with E-state index in [4.69, 9.17) is 9.47 Å². The molecule has 1 unspecified atom stereocenters. The van der Waals surface area contributed by atoms with Crippen LogP contribution in [0.4, 0.5) is 11.4 Å². The van der Waals surface area contributed by atoms with Crippen molar-refractivity contribution in [3.8, 4) is 5.75 Å². The second-order valence-corrected chi connectivity index (χ2v) is 7.18. The average Bonchev–Trinajstić information content (AvgIpc) is 3.54. The van der Waals surface area contributed by atoms with Gasteiger partial charge in [0.05, 0.1) is 18.3 Å². The summed E-state index contributed by atoms with van der Waals surface area (Å²) < 4.78 is 11.5. The zero-order valence-corrected chi connectivity index (χ0v) is 14.9. The minimum Gasteiger partial charge on any atom is -0.493 e. The molecule has 1 aliphatic carbocycles. The molecule has 0 saturated heterocycles. The second kappa shape index (κ2) is 6.61. The van der Waals surface area contributed by atoms with Gasteiger partial charge in [0.25, 0.3) is 6.02 Å². The van der Waals surface area contributed by atoms with Crippen LogP contribution in [-0.4, -0.2) is 18.5 Å². The normalized spacial score (nSPS) is 20.3. The van der Waals surface area contributed by atoms with Gasteiger partial charge in [-0.2, -0.15) is 4.99 Å². The van der Waals surface area contributed by atoms with E-state index in [1.807, 2.05) is 36.4 Å². The Bertz CT molecular complexity index is 921. The molecule has 6 nitrogen and oxygen atoms in total.